The van der Waals surface area contributed by atoms with E-state index in [0.29, 0.717) is 6.07 Å². The molecule has 0 radical (unpaired) electrons. The molecular formula is C8H4BrF4IO. The molecule has 0 aliphatic heterocycles. The first-order valence-electron chi connectivity index (χ1n) is 3.57. The van der Waals surface area contributed by atoms with Gasteiger partial charge in [0.25, 0.3) is 0 Å². The fourth-order valence-electron chi connectivity index (χ4n) is 0.989. The highest BCUT2D eigenvalue weighted by Crippen LogP contribution is 2.42. The third-order valence-corrected chi connectivity index (χ3v) is 3.12. The van der Waals surface area contributed by atoms with Crippen LogP contribution in [0.25, 0.3) is 0 Å². The summed E-state index contributed by atoms with van der Waals surface area (Å²) in [6.07, 6.45) is -4.57. The van der Waals surface area contributed by atoms with Gasteiger partial charge in [-0.3, -0.25) is 0 Å². The average molecular weight is 399 g/mol. The molecule has 0 aromatic heterocycles. The first-order chi connectivity index (χ1) is 6.79. The quantitative estimate of drug-likeness (QED) is 0.391. The van der Waals surface area contributed by atoms with Gasteiger partial charge in [-0.15, -0.1) is 0 Å². The second kappa shape index (κ2) is 4.44. The van der Waals surface area contributed by atoms with Gasteiger partial charge in [-0.2, -0.15) is 13.2 Å². The highest BCUT2D eigenvalue weighted by atomic mass is 127. The van der Waals surface area contributed by atoms with Crippen molar-refractivity contribution in [1.29, 1.82) is 0 Å². The Bertz CT molecular complexity index is 391. The van der Waals surface area contributed by atoms with E-state index in [-0.39, 0.29) is 8.04 Å². The molecule has 0 amide bonds. The first-order valence-corrected chi connectivity index (χ1v) is 5.45. The van der Waals surface area contributed by atoms with Gasteiger partial charge in [0, 0.05) is 0 Å². The summed E-state index contributed by atoms with van der Waals surface area (Å²) < 4.78 is 54.8. The highest BCUT2D eigenvalue weighted by molar-refractivity contribution is 14.1. The Morgan fingerprint density at radius 2 is 1.93 bits per heavy atom. The zero-order valence-corrected chi connectivity index (χ0v) is 11.0. The van der Waals surface area contributed by atoms with Crippen molar-refractivity contribution in [2.45, 2.75) is 6.18 Å². The third-order valence-electron chi connectivity index (χ3n) is 1.63. The Hall–Kier alpha value is -0.0500. The summed E-state index contributed by atoms with van der Waals surface area (Å²) >= 11 is 4.22. The predicted octanol–water partition coefficient (Wildman–Crippen LogP) is 4.22. The third kappa shape index (κ3) is 2.55. The van der Waals surface area contributed by atoms with E-state index in [4.69, 9.17) is 0 Å². The summed E-state index contributed by atoms with van der Waals surface area (Å²) in [7, 11) is 1.06. The second-order valence-corrected chi connectivity index (χ2v) is 4.52. The Morgan fingerprint density at radius 1 is 1.40 bits per heavy atom. The van der Waals surface area contributed by atoms with Crippen molar-refractivity contribution < 1.29 is 22.3 Å². The van der Waals surface area contributed by atoms with E-state index in [1.165, 1.54) is 22.6 Å². The molecule has 0 heterocycles. The monoisotopic (exact) mass is 398 g/mol. The van der Waals surface area contributed by atoms with Crippen molar-refractivity contribution in [3.63, 3.8) is 0 Å². The van der Waals surface area contributed by atoms with E-state index < -0.39 is 23.3 Å². The molecule has 1 aromatic carbocycles. The smallest absolute Gasteiger partial charge is 0.420 e. The summed E-state index contributed by atoms with van der Waals surface area (Å²) in [6, 6.07) is 0.708. The molecule has 0 N–H and O–H groups in total. The van der Waals surface area contributed by atoms with Crippen LogP contribution < -0.4 is 4.74 Å². The van der Waals surface area contributed by atoms with Gasteiger partial charge in [0.1, 0.15) is 5.75 Å². The predicted molar refractivity (Wildman–Crippen MR) is 58.4 cm³/mol. The van der Waals surface area contributed by atoms with E-state index in [0.717, 1.165) is 7.11 Å². The molecule has 15 heavy (non-hydrogen) atoms. The Labute approximate surface area is 105 Å². The number of hydrogen-bond donors (Lipinski definition) is 0. The molecule has 1 nitrogen and oxygen atoms in total. The van der Waals surface area contributed by atoms with Crippen molar-refractivity contribution in [3.8, 4) is 5.75 Å². The van der Waals surface area contributed by atoms with Gasteiger partial charge in [0.2, 0.25) is 0 Å². The molecule has 0 spiro atoms. The molecule has 0 atom stereocenters. The zero-order valence-electron chi connectivity index (χ0n) is 7.25. The molecule has 7 heteroatoms. The van der Waals surface area contributed by atoms with Crippen LogP contribution in [0.15, 0.2) is 10.5 Å². The van der Waals surface area contributed by atoms with Gasteiger partial charge in [0.15, 0.2) is 5.82 Å². The normalized spacial score (nSPS) is 11.7. The van der Waals surface area contributed by atoms with Gasteiger partial charge in [-0.25, -0.2) is 4.39 Å². The molecule has 1 aromatic rings. The minimum absolute atomic E-state index is 0.118. The van der Waals surface area contributed by atoms with E-state index in [1.54, 1.807) is 0 Å². The van der Waals surface area contributed by atoms with Gasteiger partial charge in [0.05, 0.1) is 20.7 Å². The van der Waals surface area contributed by atoms with Crippen LogP contribution in [-0.4, -0.2) is 7.11 Å². The number of methoxy groups -OCH3 is 1. The number of alkyl halides is 3. The Balaban J connectivity index is 3.53. The summed E-state index contributed by atoms with van der Waals surface area (Å²) in [5.74, 6) is -1.30. The topological polar surface area (TPSA) is 9.23 Å². The maximum absolute atomic E-state index is 13.2. The molecule has 0 bridgehead atoms. The van der Waals surface area contributed by atoms with Gasteiger partial charge in [-0.05, 0) is 44.6 Å². The number of benzene rings is 1. The molecule has 0 fully saturated rings. The number of ether oxygens (including phenoxy) is 1. The Kier molecular flexibility index (Phi) is 3.85. The van der Waals surface area contributed by atoms with Crippen molar-refractivity contribution in [2.24, 2.45) is 0 Å². The van der Waals surface area contributed by atoms with Crippen molar-refractivity contribution in [2.75, 3.05) is 7.11 Å². The summed E-state index contributed by atoms with van der Waals surface area (Å²) in [4.78, 5) is 0. The van der Waals surface area contributed by atoms with Crippen LogP contribution in [0.5, 0.6) is 5.75 Å². The minimum atomic E-state index is -4.57. The standard InChI is InChI=1S/C8H4BrF4IO/c1-15-7-3(8(11,12)13)2-4(14)6(10)5(7)9/h2H,1H3. The average Bonchev–Trinajstić information content (AvgIpc) is 2.12. The summed E-state index contributed by atoms with van der Waals surface area (Å²) in [5.41, 5.74) is -0.998. The van der Waals surface area contributed by atoms with Crippen LogP contribution in [0.3, 0.4) is 0 Å². The SMILES string of the molecule is COc1c(C(F)(F)F)cc(I)c(F)c1Br. The van der Waals surface area contributed by atoms with Crippen molar-refractivity contribution >= 4 is 38.5 Å². The van der Waals surface area contributed by atoms with Crippen LogP contribution in [-0.2, 0) is 6.18 Å². The van der Waals surface area contributed by atoms with E-state index in [2.05, 4.69) is 20.7 Å². The van der Waals surface area contributed by atoms with Crippen molar-refractivity contribution in [1.82, 2.24) is 0 Å². The van der Waals surface area contributed by atoms with Gasteiger partial charge in [-0.1, -0.05) is 0 Å². The lowest BCUT2D eigenvalue weighted by Gasteiger charge is -2.14. The molecule has 0 saturated heterocycles. The number of hydrogen-bond acceptors (Lipinski definition) is 1. The van der Waals surface area contributed by atoms with Gasteiger partial charge < -0.3 is 4.74 Å². The number of halogens is 6. The molecule has 0 saturated carbocycles. The van der Waals surface area contributed by atoms with Crippen LogP contribution in [0.1, 0.15) is 5.56 Å². The number of rotatable bonds is 1. The molecule has 0 aliphatic rings. The zero-order chi connectivity index (χ0) is 11.8. The fraction of sp³-hybridized carbons (Fsp3) is 0.250. The summed E-state index contributed by atoms with van der Waals surface area (Å²) in [5, 5.41) is 0. The van der Waals surface area contributed by atoms with Gasteiger partial charge >= 0.3 is 6.18 Å². The van der Waals surface area contributed by atoms with E-state index in [9.17, 15) is 17.6 Å². The van der Waals surface area contributed by atoms with E-state index in [1.807, 2.05) is 0 Å². The van der Waals surface area contributed by atoms with Crippen LogP contribution >= 0.6 is 38.5 Å². The molecule has 1 rings (SSSR count). The van der Waals surface area contributed by atoms with Crippen LogP contribution in [0, 0.1) is 9.39 Å². The maximum atomic E-state index is 13.2. The largest absolute Gasteiger partial charge is 0.495 e. The maximum Gasteiger partial charge on any atom is 0.420 e. The van der Waals surface area contributed by atoms with E-state index >= 15 is 0 Å². The second-order valence-electron chi connectivity index (χ2n) is 2.56. The fourth-order valence-corrected chi connectivity index (χ4v) is 2.53. The lowest BCUT2D eigenvalue weighted by molar-refractivity contribution is -0.138. The first kappa shape index (κ1) is 13.0. The Morgan fingerprint density at radius 3 is 2.33 bits per heavy atom. The molecule has 84 valence electrons. The van der Waals surface area contributed by atoms with Crippen molar-refractivity contribution in [3.05, 3.63) is 25.5 Å². The minimum Gasteiger partial charge on any atom is -0.495 e. The highest BCUT2D eigenvalue weighted by Gasteiger charge is 2.36. The van der Waals surface area contributed by atoms with Crippen LogP contribution in [0.2, 0.25) is 0 Å². The molecular weight excluding hydrogens is 395 g/mol. The summed E-state index contributed by atoms with van der Waals surface area (Å²) in [6.45, 7) is 0. The van der Waals surface area contributed by atoms with Crippen LogP contribution in [0.4, 0.5) is 17.6 Å². The molecule has 0 unspecified atom stereocenters. The molecule has 0 aliphatic carbocycles. The lowest BCUT2D eigenvalue weighted by Crippen LogP contribution is -2.09. The lowest BCUT2D eigenvalue weighted by atomic mass is 10.2.